The first-order valence-corrected chi connectivity index (χ1v) is 18.3. The van der Waals surface area contributed by atoms with Gasteiger partial charge in [0.15, 0.2) is 0 Å². The Morgan fingerprint density at radius 1 is 0.712 bits per heavy atom. The number of hydrogen-bond donors (Lipinski definition) is 1. The number of halogens is 1. The smallest absolute Gasteiger partial charge is 0.225 e. The van der Waals surface area contributed by atoms with E-state index in [4.69, 9.17) is 40.0 Å². The summed E-state index contributed by atoms with van der Waals surface area (Å²) in [6.45, 7) is 5.18. The van der Waals surface area contributed by atoms with Gasteiger partial charge in [0.25, 0.3) is 0 Å². The third kappa shape index (κ3) is 7.68. The molecule has 0 amide bonds. The maximum atomic E-state index is 11.6. The van der Waals surface area contributed by atoms with Crippen LogP contribution in [-0.4, -0.2) is 48.3 Å². The van der Waals surface area contributed by atoms with Crippen molar-refractivity contribution in [3.05, 3.63) is 172 Å². The van der Waals surface area contributed by atoms with Gasteiger partial charge in [-0.15, -0.1) is 0 Å². The fourth-order valence-corrected chi connectivity index (χ4v) is 7.35. The molecule has 7 nitrogen and oxygen atoms in total. The number of aliphatic hydroxyl groups is 1. The number of rotatable bonds is 15. The monoisotopic (exact) mass is 720 g/mol. The molecule has 0 aliphatic carbocycles. The lowest BCUT2D eigenvalue weighted by atomic mass is 9.80. The molecule has 2 heterocycles. The van der Waals surface area contributed by atoms with Crippen LogP contribution in [0.3, 0.4) is 0 Å². The van der Waals surface area contributed by atoms with Gasteiger partial charge in [0, 0.05) is 10.6 Å². The van der Waals surface area contributed by atoms with Crippen molar-refractivity contribution >= 4 is 11.6 Å². The first-order chi connectivity index (χ1) is 25.4. The number of fused-ring (bicyclic) bond motifs is 2. The van der Waals surface area contributed by atoms with Gasteiger partial charge in [0.1, 0.15) is 29.7 Å². The largest absolute Gasteiger partial charge is 0.494 e. The predicted molar refractivity (Wildman–Crippen MR) is 200 cm³/mol. The highest BCUT2D eigenvalue weighted by atomic mass is 35.5. The van der Waals surface area contributed by atoms with Crippen LogP contribution in [0.25, 0.3) is 0 Å². The number of ether oxygens (including phenoxy) is 6. The van der Waals surface area contributed by atoms with Crippen molar-refractivity contribution in [3.63, 3.8) is 0 Å². The lowest BCUT2D eigenvalue weighted by molar-refractivity contribution is -0.359. The number of hydrogen-bond acceptors (Lipinski definition) is 7. The van der Waals surface area contributed by atoms with Gasteiger partial charge in [0.05, 0.1) is 39.1 Å². The van der Waals surface area contributed by atoms with Gasteiger partial charge in [-0.3, -0.25) is 0 Å². The second-order valence-corrected chi connectivity index (χ2v) is 13.9. The highest BCUT2D eigenvalue weighted by Gasteiger charge is 2.71. The molecular weight excluding hydrogens is 676 g/mol. The summed E-state index contributed by atoms with van der Waals surface area (Å²) in [4.78, 5) is 0. The van der Waals surface area contributed by atoms with Crippen LogP contribution in [0.5, 0.6) is 5.75 Å². The SMILES string of the molecule is CCOc1ccc(Cc2cc([C@]34OC[C@]([C@@H](C)O)(O3)[C@@H](OCc3ccccc3)[C@H](OCc3ccccc3)[C@H]4OCc3ccccc3)ccc2Cl)cc1. The summed E-state index contributed by atoms with van der Waals surface area (Å²) < 4.78 is 40.2. The van der Waals surface area contributed by atoms with Crippen LogP contribution < -0.4 is 4.74 Å². The zero-order chi connectivity index (χ0) is 36.0. The molecule has 5 aromatic carbocycles. The summed E-state index contributed by atoms with van der Waals surface area (Å²) in [6.07, 6.45) is -2.70. The molecule has 7 rings (SSSR count). The molecule has 2 aliphatic heterocycles. The molecular formula is C44H45ClO7. The summed E-state index contributed by atoms with van der Waals surface area (Å²) in [5.41, 5.74) is 4.37. The second kappa shape index (κ2) is 16.3. The Morgan fingerprint density at radius 3 is 1.83 bits per heavy atom. The molecule has 2 saturated heterocycles. The van der Waals surface area contributed by atoms with Gasteiger partial charge in [-0.1, -0.05) is 121 Å². The fraction of sp³-hybridized carbons (Fsp3) is 0.318. The Kier molecular flexibility index (Phi) is 11.4. The van der Waals surface area contributed by atoms with Crippen molar-refractivity contribution in [2.45, 2.75) is 75.9 Å². The van der Waals surface area contributed by atoms with Crippen molar-refractivity contribution in [1.29, 1.82) is 0 Å². The topological polar surface area (TPSA) is 75.6 Å². The van der Waals surface area contributed by atoms with E-state index in [1.165, 1.54) is 0 Å². The van der Waals surface area contributed by atoms with Crippen LogP contribution in [0, 0.1) is 0 Å². The van der Waals surface area contributed by atoms with E-state index >= 15 is 0 Å². The lowest BCUT2D eigenvalue weighted by Crippen LogP contribution is -2.69. The molecule has 5 aromatic rings. The minimum Gasteiger partial charge on any atom is -0.494 e. The minimum absolute atomic E-state index is 0.0529. The van der Waals surface area contributed by atoms with Gasteiger partial charge in [-0.2, -0.15) is 0 Å². The van der Waals surface area contributed by atoms with Crippen LogP contribution in [-0.2, 0) is 55.7 Å². The highest BCUT2D eigenvalue weighted by molar-refractivity contribution is 6.31. The zero-order valence-corrected chi connectivity index (χ0v) is 30.3. The number of aliphatic hydroxyl groups excluding tert-OH is 1. The molecule has 0 aromatic heterocycles. The summed E-state index contributed by atoms with van der Waals surface area (Å²) in [5.74, 6) is -0.642. The van der Waals surface area contributed by atoms with Crippen LogP contribution >= 0.6 is 11.6 Å². The molecule has 1 N–H and O–H groups in total. The average molecular weight is 721 g/mol. The van der Waals surface area contributed by atoms with E-state index in [1.54, 1.807) is 6.92 Å². The first-order valence-electron chi connectivity index (χ1n) is 17.9. The molecule has 0 radical (unpaired) electrons. The molecule has 0 unspecified atom stereocenters. The fourth-order valence-electron chi connectivity index (χ4n) is 7.16. The third-order valence-corrected chi connectivity index (χ3v) is 10.3. The Labute approximate surface area is 311 Å². The van der Waals surface area contributed by atoms with Gasteiger partial charge in [-0.05, 0) is 72.4 Å². The molecule has 0 saturated carbocycles. The molecule has 8 heteroatoms. The summed E-state index contributed by atoms with van der Waals surface area (Å²) in [5, 5.41) is 12.2. The second-order valence-electron chi connectivity index (χ2n) is 13.4. The van der Waals surface area contributed by atoms with Crippen molar-refractivity contribution < 1.29 is 33.5 Å². The highest BCUT2D eigenvalue weighted by Crippen LogP contribution is 2.54. The minimum atomic E-state index is -1.46. The molecule has 6 atom stereocenters. The Bertz CT molecular complexity index is 1870. The number of benzene rings is 5. The van der Waals surface area contributed by atoms with Crippen LogP contribution in [0.1, 0.15) is 47.2 Å². The van der Waals surface area contributed by atoms with E-state index in [0.717, 1.165) is 33.6 Å². The van der Waals surface area contributed by atoms with E-state index in [-0.39, 0.29) is 26.4 Å². The summed E-state index contributed by atoms with van der Waals surface area (Å²) in [7, 11) is 0. The van der Waals surface area contributed by atoms with Gasteiger partial charge in [-0.25, -0.2) is 0 Å². The normalized spacial score (nSPS) is 24.4. The van der Waals surface area contributed by atoms with E-state index < -0.39 is 35.8 Å². The van der Waals surface area contributed by atoms with E-state index in [1.807, 2.05) is 140 Å². The maximum Gasteiger partial charge on any atom is 0.225 e. The standard InChI is InChI=1S/C44H45ClO7/c1-3-47-38-22-19-32(20-23-38)25-36-26-37(21-24-39(36)45)44-42(50-29-35-17-11-6-12-18-35)40(48-27-33-13-7-4-8-14-33)41(43(52-44,30-51-44)31(2)46)49-28-34-15-9-5-10-16-34/h4-24,26,31,40-42,46H,3,25,27-30H2,1-2H3/t31-,40+,41+,42-,43-,44+/m1/s1. The van der Waals surface area contributed by atoms with E-state index in [2.05, 4.69) is 0 Å². The Balaban J connectivity index is 1.30. The molecule has 2 bridgehead atoms. The Hall–Kier alpha value is -4.05. The molecule has 2 fully saturated rings. The molecule has 0 spiro atoms. The Morgan fingerprint density at radius 2 is 1.27 bits per heavy atom. The van der Waals surface area contributed by atoms with Crippen molar-refractivity contribution in [2.75, 3.05) is 13.2 Å². The lowest BCUT2D eigenvalue weighted by Gasteiger charge is -2.52. The van der Waals surface area contributed by atoms with Gasteiger partial charge < -0.3 is 33.5 Å². The van der Waals surface area contributed by atoms with E-state index in [9.17, 15) is 5.11 Å². The van der Waals surface area contributed by atoms with Crippen LogP contribution in [0.2, 0.25) is 5.02 Å². The zero-order valence-electron chi connectivity index (χ0n) is 29.5. The van der Waals surface area contributed by atoms with Crippen molar-refractivity contribution in [3.8, 4) is 5.75 Å². The quantitative estimate of drug-likeness (QED) is 0.116. The predicted octanol–water partition coefficient (Wildman–Crippen LogP) is 8.42. The summed E-state index contributed by atoms with van der Waals surface area (Å²) >= 11 is 6.87. The molecule has 270 valence electrons. The molecule has 52 heavy (non-hydrogen) atoms. The van der Waals surface area contributed by atoms with Crippen LogP contribution in [0.15, 0.2) is 133 Å². The maximum absolute atomic E-state index is 11.6. The van der Waals surface area contributed by atoms with Crippen LogP contribution in [0.4, 0.5) is 0 Å². The summed E-state index contributed by atoms with van der Waals surface area (Å²) in [6, 6.07) is 43.8. The average Bonchev–Trinajstić information content (AvgIpc) is 3.55. The third-order valence-electron chi connectivity index (χ3n) is 9.92. The van der Waals surface area contributed by atoms with Crippen molar-refractivity contribution in [2.24, 2.45) is 0 Å². The van der Waals surface area contributed by atoms with Gasteiger partial charge >= 0.3 is 0 Å². The molecule has 2 aliphatic rings. The first kappa shape index (κ1) is 36.3. The van der Waals surface area contributed by atoms with Crippen molar-refractivity contribution in [1.82, 2.24) is 0 Å². The van der Waals surface area contributed by atoms with Gasteiger partial charge in [0.2, 0.25) is 5.79 Å². The van der Waals surface area contributed by atoms with E-state index in [0.29, 0.717) is 23.6 Å².